The predicted molar refractivity (Wildman–Crippen MR) is 83.4 cm³/mol. The molecule has 1 saturated heterocycles. The molecule has 0 aliphatic carbocycles. The van der Waals surface area contributed by atoms with Gasteiger partial charge in [-0.25, -0.2) is 0 Å². The van der Waals surface area contributed by atoms with E-state index in [1.54, 1.807) is 0 Å². The summed E-state index contributed by atoms with van der Waals surface area (Å²) < 4.78 is 5.79. The first kappa shape index (κ1) is 15.2. The van der Waals surface area contributed by atoms with Crippen molar-refractivity contribution in [1.82, 2.24) is 15.1 Å². The Balaban J connectivity index is 1.65. The number of aromatic nitrogens is 2. The van der Waals surface area contributed by atoms with Crippen LogP contribution in [0.4, 0.5) is 0 Å². The quantitative estimate of drug-likeness (QED) is 0.918. The lowest BCUT2D eigenvalue weighted by Gasteiger charge is -2.33. The summed E-state index contributed by atoms with van der Waals surface area (Å²) in [5, 5.41) is 17.8. The zero-order chi connectivity index (χ0) is 15.4. The summed E-state index contributed by atoms with van der Waals surface area (Å²) in [5.74, 6) is 1.30. The summed E-state index contributed by atoms with van der Waals surface area (Å²) in [6.45, 7) is 3.91. The fraction of sp³-hybridized carbons (Fsp3) is 0.529. The maximum absolute atomic E-state index is 9.46. The molecule has 0 bridgehead atoms. The summed E-state index contributed by atoms with van der Waals surface area (Å²) in [5.41, 5.74) is 2.45. The summed E-state index contributed by atoms with van der Waals surface area (Å²) in [6.07, 6.45) is 4.06. The van der Waals surface area contributed by atoms with Gasteiger partial charge in [0.25, 0.3) is 0 Å². The number of piperidine rings is 1. The first-order valence-corrected chi connectivity index (χ1v) is 7.97. The van der Waals surface area contributed by atoms with Crippen LogP contribution >= 0.6 is 0 Å². The molecule has 22 heavy (non-hydrogen) atoms. The first-order chi connectivity index (χ1) is 10.8. The predicted octanol–water partition coefficient (Wildman–Crippen LogP) is 2.32. The molecule has 1 aromatic heterocycles. The van der Waals surface area contributed by atoms with Gasteiger partial charge in [0.1, 0.15) is 0 Å². The van der Waals surface area contributed by atoms with Gasteiger partial charge in [0.2, 0.25) is 11.8 Å². The van der Waals surface area contributed by atoms with Crippen LogP contribution in [0.1, 0.15) is 42.2 Å². The lowest BCUT2D eigenvalue weighted by atomic mass is 10.0. The maximum Gasteiger partial charge on any atom is 0.230 e. The Bertz CT molecular complexity index is 611. The highest BCUT2D eigenvalue weighted by molar-refractivity contribution is 5.27. The molecule has 2 heterocycles. The van der Waals surface area contributed by atoms with E-state index in [-0.39, 0.29) is 12.6 Å². The number of rotatable bonds is 5. The van der Waals surface area contributed by atoms with Crippen molar-refractivity contribution in [3.63, 3.8) is 0 Å². The molecule has 5 heteroatoms. The molecule has 3 rings (SSSR count). The molecule has 5 nitrogen and oxygen atoms in total. The molecule has 118 valence electrons. The molecule has 0 amide bonds. The number of nitrogens with zero attached hydrogens (tertiary/aromatic N) is 3. The first-order valence-electron chi connectivity index (χ1n) is 7.97. The molecule has 2 aromatic rings. The lowest BCUT2D eigenvalue weighted by Crippen LogP contribution is -2.41. The van der Waals surface area contributed by atoms with E-state index in [0.717, 1.165) is 13.0 Å². The third kappa shape index (κ3) is 3.54. The minimum atomic E-state index is 0.199. The molecule has 1 atom stereocenters. The van der Waals surface area contributed by atoms with E-state index in [9.17, 15) is 5.11 Å². The van der Waals surface area contributed by atoms with Crippen molar-refractivity contribution >= 4 is 0 Å². The van der Waals surface area contributed by atoms with Gasteiger partial charge in [-0.2, -0.15) is 0 Å². The van der Waals surface area contributed by atoms with Crippen molar-refractivity contribution in [3.05, 3.63) is 47.2 Å². The Labute approximate surface area is 131 Å². The molecule has 0 saturated carbocycles. The monoisotopic (exact) mass is 301 g/mol. The summed E-state index contributed by atoms with van der Waals surface area (Å²) in [7, 11) is 0. The van der Waals surface area contributed by atoms with Gasteiger partial charge in [-0.3, -0.25) is 4.90 Å². The van der Waals surface area contributed by atoms with Gasteiger partial charge in [0.15, 0.2) is 0 Å². The molecule has 1 aliphatic rings. The van der Waals surface area contributed by atoms with Gasteiger partial charge in [-0.15, -0.1) is 10.2 Å². The number of aliphatic hydroxyl groups is 1. The van der Waals surface area contributed by atoms with Crippen molar-refractivity contribution in [2.75, 3.05) is 13.2 Å². The number of hydrogen-bond donors (Lipinski definition) is 1. The van der Waals surface area contributed by atoms with E-state index in [2.05, 4.69) is 34.2 Å². The van der Waals surface area contributed by atoms with E-state index in [4.69, 9.17) is 4.42 Å². The molecule has 1 N–H and O–H groups in total. The second kappa shape index (κ2) is 7.03. The van der Waals surface area contributed by atoms with Crippen molar-refractivity contribution < 1.29 is 9.52 Å². The normalized spacial score (nSPS) is 19.5. The van der Waals surface area contributed by atoms with Gasteiger partial charge in [-0.05, 0) is 37.4 Å². The van der Waals surface area contributed by atoms with Crippen LogP contribution in [0.3, 0.4) is 0 Å². The SMILES string of the molecule is Cc1ccccc1Cc1nnc(CN2CCCCC2CO)o1. The molecular formula is C17H23N3O2. The molecule has 1 aromatic carbocycles. The van der Waals surface area contributed by atoms with E-state index in [1.165, 1.54) is 24.0 Å². The fourth-order valence-corrected chi connectivity index (χ4v) is 3.04. The van der Waals surface area contributed by atoms with Crippen LogP contribution < -0.4 is 0 Å². The zero-order valence-corrected chi connectivity index (χ0v) is 13.0. The molecule has 1 fully saturated rings. The van der Waals surface area contributed by atoms with Crippen LogP contribution in [0.15, 0.2) is 28.7 Å². The van der Waals surface area contributed by atoms with E-state index in [1.807, 2.05) is 12.1 Å². The Morgan fingerprint density at radius 2 is 2.05 bits per heavy atom. The second-order valence-corrected chi connectivity index (χ2v) is 6.00. The summed E-state index contributed by atoms with van der Waals surface area (Å²) in [4.78, 5) is 2.24. The Kier molecular flexibility index (Phi) is 4.85. The van der Waals surface area contributed by atoms with Crippen LogP contribution in [0, 0.1) is 6.92 Å². The Hall–Kier alpha value is -1.72. The number of benzene rings is 1. The third-order valence-electron chi connectivity index (χ3n) is 4.41. The smallest absolute Gasteiger partial charge is 0.230 e. The topological polar surface area (TPSA) is 62.4 Å². The number of hydrogen-bond acceptors (Lipinski definition) is 5. The highest BCUT2D eigenvalue weighted by Crippen LogP contribution is 2.19. The van der Waals surface area contributed by atoms with Gasteiger partial charge in [0.05, 0.1) is 19.6 Å². The van der Waals surface area contributed by atoms with E-state index < -0.39 is 0 Å². The molecule has 0 spiro atoms. The van der Waals surface area contributed by atoms with Crippen molar-refractivity contribution in [3.8, 4) is 0 Å². The van der Waals surface area contributed by atoms with Crippen LogP contribution in [-0.2, 0) is 13.0 Å². The standard InChI is InChI=1S/C17H23N3O2/c1-13-6-2-3-7-14(13)10-16-18-19-17(22-16)11-20-9-5-4-8-15(20)12-21/h2-3,6-7,15,21H,4-5,8-12H2,1H3. The van der Waals surface area contributed by atoms with E-state index in [0.29, 0.717) is 24.7 Å². The number of aliphatic hydroxyl groups excluding tert-OH is 1. The summed E-state index contributed by atoms with van der Waals surface area (Å²) >= 11 is 0. The second-order valence-electron chi connectivity index (χ2n) is 6.00. The zero-order valence-electron chi connectivity index (χ0n) is 13.0. The molecule has 1 aliphatic heterocycles. The third-order valence-corrected chi connectivity index (χ3v) is 4.41. The Morgan fingerprint density at radius 1 is 1.23 bits per heavy atom. The van der Waals surface area contributed by atoms with Crippen molar-refractivity contribution in [2.45, 2.75) is 45.2 Å². The minimum Gasteiger partial charge on any atom is -0.424 e. The summed E-state index contributed by atoms with van der Waals surface area (Å²) in [6, 6.07) is 8.46. The largest absolute Gasteiger partial charge is 0.424 e. The Morgan fingerprint density at radius 3 is 2.86 bits per heavy atom. The van der Waals surface area contributed by atoms with Crippen LogP contribution in [0.25, 0.3) is 0 Å². The van der Waals surface area contributed by atoms with Crippen LogP contribution in [0.5, 0.6) is 0 Å². The van der Waals surface area contributed by atoms with Gasteiger partial charge < -0.3 is 9.52 Å². The minimum absolute atomic E-state index is 0.199. The number of aryl methyl sites for hydroxylation is 1. The highest BCUT2D eigenvalue weighted by Gasteiger charge is 2.23. The maximum atomic E-state index is 9.46. The van der Waals surface area contributed by atoms with Gasteiger partial charge in [-0.1, -0.05) is 30.7 Å². The van der Waals surface area contributed by atoms with E-state index >= 15 is 0 Å². The number of likely N-dealkylation sites (tertiary alicyclic amines) is 1. The molecule has 1 unspecified atom stereocenters. The fourth-order valence-electron chi connectivity index (χ4n) is 3.04. The molecule has 0 radical (unpaired) electrons. The van der Waals surface area contributed by atoms with Gasteiger partial charge in [0, 0.05) is 6.04 Å². The lowest BCUT2D eigenvalue weighted by molar-refractivity contribution is 0.0765. The average Bonchev–Trinajstić information content (AvgIpc) is 2.97. The van der Waals surface area contributed by atoms with Crippen molar-refractivity contribution in [2.24, 2.45) is 0 Å². The average molecular weight is 301 g/mol. The van der Waals surface area contributed by atoms with Gasteiger partial charge >= 0.3 is 0 Å². The van der Waals surface area contributed by atoms with Crippen LogP contribution in [-0.4, -0.2) is 39.4 Å². The van der Waals surface area contributed by atoms with Crippen LogP contribution in [0.2, 0.25) is 0 Å². The molecular weight excluding hydrogens is 278 g/mol. The van der Waals surface area contributed by atoms with Crippen molar-refractivity contribution in [1.29, 1.82) is 0 Å². The highest BCUT2D eigenvalue weighted by atomic mass is 16.4.